The summed E-state index contributed by atoms with van der Waals surface area (Å²) in [4.78, 5) is 16.5. The minimum absolute atomic E-state index is 0.210. The van der Waals surface area contributed by atoms with Gasteiger partial charge in [-0.3, -0.25) is 4.79 Å². The van der Waals surface area contributed by atoms with E-state index in [2.05, 4.69) is 10.3 Å². The average molecular weight is 339 g/mol. The van der Waals surface area contributed by atoms with E-state index in [1.54, 1.807) is 5.38 Å². The van der Waals surface area contributed by atoms with Gasteiger partial charge in [0.05, 0.1) is 6.54 Å². The highest BCUT2D eigenvalue weighted by Gasteiger charge is 2.11. The van der Waals surface area contributed by atoms with Crippen LogP contribution >= 0.6 is 11.3 Å². The van der Waals surface area contributed by atoms with E-state index in [1.165, 1.54) is 11.3 Å². The second kappa shape index (κ2) is 7.61. The molecule has 3 rings (SSSR count). The Kier molecular flexibility index (Phi) is 5.08. The Morgan fingerprint density at radius 3 is 2.79 bits per heavy atom. The fourth-order valence-electron chi connectivity index (χ4n) is 2.12. The summed E-state index contributed by atoms with van der Waals surface area (Å²) in [7, 11) is 0. The molecule has 1 amide bonds. The van der Waals surface area contributed by atoms with Gasteiger partial charge in [-0.2, -0.15) is 0 Å². The summed E-state index contributed by atoms with van der Waals surface area (Å²) in [5.74, 6) is 0.572. The number of carbonyl (C=O) groups is 1. The second-order valence-electron chi connectivity index (χ2n) is 5.08. The first-order chi connectivity index (χ1) is 11.7. The SMILES string of the molecule is Nc1cccc(-c2nc(C(=O)NCCOc3ccccc3)cs2)c1. The van der Waals surface area contributed by atoms with Crippen LogP contribution in [0.2, 0.25) is 0 Å². The highest BCUT2D eigenvalue weighted by molar-refractivity contribution is 7.13. The summed E-state index contributed by atoms with van der Waals surface area (Å²) in [6.07, 6.45) is 0. The van der Waals surface area contributed by atoms with Crippen molar-refractivity contribution in [1.82, 2.24) is 10.3 Å². The van der Waals surface area contributed by atoms with Crippen molar-refractivity contribution in [3.63, 3.8) is 0 Å². The summed E-state index contributed by atoms with van der Waals surface area (Å²) in [5, 5.41) is 5.31. The van der Waals surface area contributed by atoms with E-state index in [0.717, 1.165) is 16.3 Å². The van der Waals surface area contributed by atoms with Gasteiger partial charge in [0, 0.05) is 16.6 Å². The van der Waals surface area contributed by atoms with E-state index in [-0.39, 0.29) is 5.91 Å². The minimum atomic E-state index is -0.210. The Balaban J connectivity index is 1.52. The number of aromatic nitrogens is 1. The van der Waals surface area contributed by atoms with Crippen LogP contribution in [0.15, 0.2) is 60.0 Å². The fraction of sp³-hybridized carbons (Fsp3) is 0.111. The number of amides is 1. The summed E-state index contributed by atoms with van der Waals surface area (Å²) in [6, 6.07) is 16.9. The van der Waals surface area contributed by atoms with Gasteiger partial charge in [-0.05, 0) is 24.3 Å². The van der Waals surface area contributed by atoms with Gasteiger partial charge in [0.2, 0.25) is 0 Å². The summed E-state index contributed by atoms with van der Waals surface area (Å²) in [6.45, 7) is 0.820. The largest absolute Gasteiger partial charge is 0.492 e. The molecule has 0 fully saturated rings. The lowest BCUT2D eigenvalue weighted by Crippen LogP contribution is -2.28. The van der Waals surface area contributed by atoms with Crippen LogP contribution in [0.3, 0.4) is 0 Å². The number of carbonyl (C=O) groups excluding carboxylic acids is 1. The monoisotopic (exact) mass is 339 g/mol. The molecule has 1 aromatic heterocycles. The minimum Gasteiger partial charge on any atom is -0.492 e. The molecule has 0 aliphatic rings. The quantitative estimate of drug-likeness (QED) is 0.534. The van der Waals surface area contributed by atoms with Crippen molar-refractivity contribution in [2.45, 2.75) is 0 Å². The number of hydrogen-bond acceptors (Lipinski definition) is 5. The number of nitrogens with one attached hydrogen (secondary N) is 1. The molecule has 5 nitrogen and oxygen atoms in total. The van der Waals surface area contributed by atoms with E-state index >= 15 is 0 Å². The zero-order valence-electron chi connectivity index (χ0n) is 12.9. The maximum atomic E-state index is 12.1. The van der Waals surface area contributed by atoms with Crippen molar-refractivity contribution < 1.29 is 9.53 Å². The molecule has 0 saturated carbocycles. The molecule has 0 spiro atoms. The zero-order valence-corrected chi connectivity index (χ0v) is 13.8. The van der Waals surface area contributed by atoms with Gasteiger partial charge in [0.25, 0.3) is 5.91 Å². The lowest BCUT2D eigenvalue weighted by atomic mass is 10.2. The van der Waals surface area contributed by atoms with E-state index in [4.69, 9.17) is 10.5 Å². The van der Waals surface area contributed by atoms with Crippen molar-refractivity contribution >= 4 is 22.9 Å². The number of nitrogens with two attached hydrogens (primary N) is 1. The van der Waals surface area contributed by atoms with Crippen LogP contribution in [0.25, 0.3) is 10.6 Å². The van der Waals surface area contributed by atoms with Gasteiger partial charge >= 0.3 is 0 Å². The average Bonchev–Trinajstić information content (AvgIpc) is 3.10. The van der Waals surface area contributed by atoms with E-state index in [0.29, 0.717) is 24.5 Å². The van der Waals surface area contributed by atoms with Crippen LogP contribution in [-0.4, -0.2) is 24.0 Å². The number of nitrogens with zero attached hydrogens (tertiary/aromatic N) is 1. The fourth-order valence-corrected chi connectivity index (χ4v) is 2.92. The van der Waals surface area contributed by atoms with Crippen molar-refractivity contribution in [3.05, 3.63) is 65.7 Å². The first-order valence-electron chi connectivity index (χ1n) is 7.50. The van der Waals surface area contributed by atoms with Crippen LogP contribution in [0.1, 0.15) is 10.5 Å². The number of anilines is 1. The Bertz CT molecular complexity index is 818. The number of hydrogen-bond donors (Lipinski definition) is 2. The molecule has 0 radical (unpaired) electrons. The molecule has 122 valence electrons. The van der Waals surface area contributed by atoms with Gasteiger partial charge in [-0.25, -0.2) is 4.98 Å². The van der Waals surface area contributed by atoms with Crippen molar-refractivity contribution in [2.75, 3.05) is 18.9 Å². The normalized spacial score (nSPS) is 10.3. The van der Waals surface area contributed by atoms with Gasteiger partial charge in [0.15, 0.2) is 0 Å². The summed E-state index contributed by atoms with van der Waals surface area (Å²) < 4.78 is 5.53. The molecule has 0 aliphatic heterocycles. The Hall–Kier alpha value is -2.86. The van der Waals surface area contributed by atoms with Crippen LogP contribution in [-0.2, 0) is 0 Å². The van der Waals surface area contributed by atoms with Gasteiger partial charge in [-0.1, -0.05) is 30.3 Å². The Morgan fingerprint density at radius 1 is 1.17 bits per heavy atom. The topological polar surface area (TPSA) is 77.2 Å². The molecule has 3 N–H and O–H groups in total. The molecule has 1 heterocycles. The lowest BCUT2D eigenvalue weighted by molar-refractivity contribution is 0.0943. The van der Waals surface area contributed by atoms with Crippen LogP contribution in [0.4, 0.5) is 5.69 Å². The third kappa shape index (κ3) is 4.11. The number of nitrogen functional groups attached to an aromatic ring is 1. The van der Waals surface area contributed by atoms with Crippen molar-refractivity contribution in [3.8, 4) is 16.3 Å². The number of rotatable bonds is 6. The molecule has 0 bridgehead atoms. The summed E-state index contributed by atoms with van der Waals surface area (Å²) >= 11 is 1.42. The number of para-hydroxylation sites is 1. The second-order valence-corrected chi connectivity index (χ2v) is 5.94. The third-order valence-corrected chi connectivity index (χ3v) is 4.16. The van der Waals surface area contributed by atoms with Gasteiger partial charge < -0.3 is 15.8 Å². The molecular weight excluding hydrogens is 322 g/mol. The van der Waals surface area contributed by atoms with E-state index in [1.807, 2.05) is 54.6 Å². The number of thiazole rings is 1. The Morgan fingerprint density at radius 2 is 2.00 bits per heavy atom. The number of ether oxygens (including phenoxy) is 1. The maximum absolute atomic E-state index is 12.1. The zero-order chi connectivity index (χ0) is 16.8. The first-order valence-corrected chi connectivity index (χ1v) is 8.38. The first kappa shape index (κ1) is 16.0. The molecular formula is C18H17N3O2S. The van der Waals surface area contributed by atoms with Crippen LogP contribution in [0, 0.1) is 0 Å². The predicted octanol–water partition coefficient (Wildman–Crippen LogP) is 3.20. The number of benzene rings is 2. The summed E-state index contributed by atoms with van der Waals surface area (Å²) in [5.41, 5.74) is 7.76. The van der Waals surface area contributed by atoms with Crippen LogP contribution in [0.5, 0.6) is 5.75 Å². The highest BCUT2D eigenvalue weighted by atomic mass is 32.1. The molecule has 0 saturated heterocycles. The Labute approximate surface area is 144 Å². The maximum Gasteiger partial charge on any atom is 0.270 e. The smallest absolute Gasteiger partial charge is 0.270 e. The molecule has 0 atom stereocenters. The van der Waals surface area contributed by atoms with Crippen molar-refractivity contribution in [2.24, 2.45) is 0 Å². The molecule has 6 heteroatoms. The standard InChI is InChI=1S/C18H17N3O2S/c19-14-6-4-5-13(11-14)18-21-16(12-24-18)17(22)20-9-10-23-15-7-2-1-3-8-15/h1-8,11-12H,9-10,19H2,(H,20,22). The predicted molar refractivity (Wildman–Crippen MR) is 96.2 cm³/mol. The van der Waals surface area contributed by atoms with Crippen LogP contribution < -0.4 is 15.8 Å². The third-order valence-electron chi connectivity index (χ3n) is 3.27. The van der Waals surface area contributed by atoms with E-state index < -0.39 is 0 Å². The molecule has 24 heavy (non-hydrogen) atoms. The lowest BCUT2D eigenvalue weighted by Gasteiger charge is -2.06. The highest BCUT2D eigenvalue weighted by Crippen LogP contribution is 2.25. The van der Waals surface area contributed by atoms with E-state index in [9.17, 15) is 4.79 Å². The van der Waals surface area contributed by atoms with Crippen molar-refractivity contribution in [1.29, 1.82) is 0 Å². The molecule has 0 unspecified atom stereocenters. The van der Waals surface area contributed by atoms with Gasteiger partial charge in [0.1, 0.15) is 23.1 Å². The molecule has 0 aliphatic carbocycles. The molecule has 3 aromatic rings. The molecule has 2 aromatic carbocycles. The van der Waals surface area contributed by atoms with Gasteiger partial charge in [-0.15, -0.1) is 11.3 Å².